The quantitative estimate of drug-likeness (QED) is 0.512. The Morgan fingerprint density at radius 3 is 1.78 bits per heavy atom. The van der Waals surface area contributed by atoms with Crippen LogP contribution in [0.2, 0.25) is 0 Å². The molecule has 0 saturated carbocycles. The lowest BCUT2D eigenvalue weighted by Gasteiger charge is -2.40. The molecule has 3 heterocycles. The van der Waals surface area contributed by atoms with Crippen molar-refractivity contribution in [2.45, 2.75) is 110 Å². The maximum atomic E-state index is 12.2. The van der Waals surface area contributed by atoms with Crippen molar-refractivity contribution in [2.75, 3.05) is 39.4 Å². The number of fused-ring (bicyclic) bond motifs is 1. The Labute approximate surface area is 246 Å². The second kappa shape index (κ2) is 13.1. The van der Waals surface area contributed by atoms with Crippen molar-refractivity contribution in [3.05, 3.63) is 23.8 Å². The van der Waals surface area contributed by atoms with E-state index < -0.39 is 11.2 Å². The Hall–Kier alpha value is -2.72. The highest BCUT2D eigenvalue weighted by Gasteiger charge is 2.33. The molecule has 2 amide bonds. The lowest BCUT2D eigenvalue weighted by Crippen LogP contribution is -2.53. The van der Waals surface area contributed by atoms with Crippen molar-refractivity contribution in [3.63, 3.8) is 0 Å². The van der Waals surface area contributed by atoms with Gasteiger partial charge >= 0.3 is 12.2 Å². The van der Waals surface area contributed by atoms with Crippen LogP contribution >= 0.6 is 0 Å². The van der Waals surface area contributed by atoms with Gasteiger partial charge in [0, 0.05) is 43.8 Å². The SMILES string of the molecule is CC1(N)CCN(C(=O)OC(C)(C)C)CC1.CC1(NCc2ccc3c(c2)OCCO3)CCN(C(=O)OC(C)(C)C)CC1. The van der Waals surface area contributed by atoms with Gasteiger partial charge < -0.3 is 39.8 Å². The van der Waals surface area contributed by atoms with Crippen molar-refractivity contribution in [2.24, 2.45) is 5.73 Å². The highest BCUT2D eigenvalue weighted by Crippen LogP contribution is 2.31. The van der Waals surface area contributed by atoms with Crippen LogP contribution in [0.5, 0.6) is 11.5 Å². The van der Waals surface area contributed by atoms with Gasteiger partial charge in [0.1, 0.15) is 24.4 Å². The number of carbonyl (C=O) groups is 2. The summed E-state index contributed by atoms with van der Waals surface area (Å²) in [4.78, 5) is 27.4. The number of likely N-dealkylation sites (tertiary alicyclic amines) is 2. The molecule has 10 nitrogen and oxygen atoms in total. The molecule has 3 aliphatic rings. The number of nitrogens with zero attached hydrogens (tertiary/aromatic N) is 2. The van der Waals surface area contributed by atoms with Gasteiger partial charge in [0.2, 0.25) is 0 Å². The number of ether oxygens (including phenoxy) is 4. The van der Waals surface area contributed by atoms with Gasteiger partial charge in [0.25, 0.3) is 0 Å². The molecule has 1 aromatic rings. The summed E-state index contributed by atoms with van der Waals surface area (Å²) in [5, 5.41) is 3.65. The van der Waals surface area contributed by atoms with Gasteiger partial charge in [-0.3, -0.25) is 0 Å². The van der Waals surface area contributed by atoms with Gasteiger partial charge in [-0.1, -0.05) is 6.07 Å². The van der Waals surface area contributed by atoms with Crippen LogP contribution < -0.4 is 20.5 Å². The average Bonchev–Trinajstić information content (AvgIpc) is 2.86. The molecule has 10 heteroatoms. The van der Waals surface area contributed by atoms with E-state index in [2.05, 4.69) is 18.3 Å². The fourth-order valence-corrected chi connectivity index (χ4v) is 4.73. The second-order valence-corrected chi connectivity index (χ2v) is 14.0. The molecule has 2 saturated heterocycles. The number of amides is 2. The summed E-state index contributed by atoms with van der Waals surface area (Å²) in [5.74, 6) is 1.64. The van der Waals surface area contributed by atoms with E-state index in [1.165, 1.54) is 5.56 Å². The Morgan fingerprint density at radius 2 is 1.29 bits per heavy atom. The molecule has 0 aromatic heterocycles. The number of nitrogens with two attached hydrogens (primary N) is 1. The van der Waals surface area contributed by atoms with E-state index in [1.54, 1.807) is 9.80 Å². The van der Waals surface area contributed by atoms with E-state index in [4.69, 9.17) is 24.7 Å². The number of piperidine rings is 2. The van der Waals surface area contributed by atoms with Gasteiger partial charge in [-0.05, 0) is 98.8 Å². The molecule has 232 valence electrons. The Kier molecular flexibility index (Phi) is 10.5. The highest BCUT2D eigenvalue weighted by atomic mass is 16.6. The molecule has 41 heavy (non-hydrogen) atoms. The molecular formula is C31H52N4O6. The zero-order chi connectivity index (χ0) is 30.5. The molecule has 2 fully saturated rings. The number of carbonyl (C=O) groups excluding carboxylic acids is 2. The molecule has 0 bridgehead atoms. The zero-order valence-electron chi connectivity index (χ0n) is 26.4. The molecule has 3 aliphatic heterocycles. The lowest BCUT2D eigenvalue weighted by molar-refractivity contribution is 0.0151. The summed E-state index contributed by atoms with van der Waals surface area (Å²) in [5.41, 5.74) is 6.17. The molecule has 0 radical (unpaired) electrons. The number of hydrogen-bond acceptors (Lipinski definition) is 8. The first-order valence-corrected chi connectivity index (χ1v) is 14.8. The highest BCUT2D eigenvalue weighted by molar-refractivity contribution is 5.68. The molecule has 0 aliphatic carbocycles. The summed E-state index contributed by atoms with van der Waals surface area (Å²) >= 11 is 0. The molecule has 0 unspecified atom stereocenters. The minimum absolute atomic E-state index is 0.00573. The van der Waals surface area contributed by atoms with Gasteiger partial charge in [-0.2, -0.15) is 0 Å². The lowest BCUT2D eigenvalue weighted by atomic mass is 9.89. The number of rotatable bonds is 3. The van der Waals surface area contributed by atoms with E-state index in [0.717, 1.165) is 43.7 Å². The summed E-state index contributed by atoms with van der Waals surface area (Å²) < 4.78 is 22.0. The van der Waals surface area contributed by atoms with Crippen LogP contribution in [0, 0.1) is 0 Å². The summed E-state index contributed by atoms with van der Waals surface area (Å²) in [6, 6.07) is 6.08. The van der Waals surface area contributed by atoms with Gasteiger partial charge in [-0.15, -0.1) is 0 Å². The Morgan fingerprint density at radius 1 is 0.829 bits per heavy atom. The first-order valence-electron chi connectivity index (χ1n) is 14.8. The third-order valence-electron chi connectivity index (χ3n) is 7.40. The first kappa shape index (κ1) is 32.8. The van der Waals surface area contributed by atoms with Crippen molar-refractivity contribution in [3.8, 4) is 11.5 Å². The van der Waals surface area contributed by atoms with Crippen molar-refractivity contribution in [1.82, 2.24) is 15.1 Å². The molecule has 4 rings (SSSR count). The van der Waals surface area contributed by atoms with E-state index in [1.807, 2.05) is 60.6 Å². The molecule has 1 aromatic carbocycles. The van der Waals surface area contributed by atoms with Crippen molar-refractivity contribution < 1.29 is 28.5 Å². The largest absolute Gasteiger partial charge is 0.486 e. The van der Waals surface area contributed by atoms with Crippen molar-refractivity contribution >= 4 is 12.2 Å². The van der Waals surface area contributed by atoms with Gasteiger partial charge in [0.05, 0.1) is 0 Å². The van der Waals surface area contributed by atoms with Crippen molar-refractivity contribution in [1.29, 1.82) is 0 Å². The van der Waals surface area contributed by atoms with Crippen LogP contribution in [0.3, 0.4) is 0 Å². The van der Waals surface area contributed by atoms with E-state index in [-0.39, 0.29) is 23.3 Å². The smallest absolute Gasteiger partial charge is 0.410 e. The minimum atomic E-state index is -0.450. The van der Waals surface area contributed by atoms with Crippen LogP contribution in [0.15, 0.2) is 18.2 Å². The maximum absolute atomic E-state index is 12.2. The zero-order valence-corrected chi connectivity index (χ0v) is 26.4. The predicted molar refractivity (Wildman–Crippen MR) is 159 cm³/mol. The topological polar surface area (TPSA) is 116 Å². The van der Waals surface area contributed by atoms with Crippen LogP contribution in [0.1, 0.15) is 86.6 Å². The number of hydrogen-bond donors (Lipinski definition) is 2. The number of benzene rings is 1. The monoisotopic (exact) mass is 576 g/mol. The average molecular weight is 577 g/mol. The van der Waals surface area contributed by atoms with Gasteiger partial charge in [0.15, 0.2) is 11.5 Å². The molecular weight excluding hydrogens is 524 g/mol. The fourth-order valence-electron chi connectivity index (χ4n) is 4.73. The van der Waals surface area contributed by atoms with E-state index in [9.17, 15) is 9.59 Å². The first-order chi connectivity index (χ1) is 18.9. The standard InChI is InChI=1S/C20H30N2O4.C11H22N2O2/c1-19(2,3)26-18(23)22-9-7-20(4,8-10-22)21-14-15-5-6-16-17(13-15)25-12-11-24-16;1-10(2,3)15-9(14)13-7-5-11(4,12)6-8-13/h5-6,13,21H,7-12,14H2,1-4H3;5-8,12H2,1-4H3. The van der Waals surface area contributed by atoms with Crippen LogP contribution in [0.25, 0.3) is 0 Å². The Balaban J connectivity index is 0.000000263. The van der Waals surface area contributed by atoms with E-state index >= 15 is 0 Å². The predicted octanol–water partition coefficient (Wildman–Crippen LogP) is 5.07. The number of nitrogens with one attached hydrogen (secondary N) is 1. The van der Waals surface area contributed by atoms with Crippen LogP contribution in [-0.4, -0.2) is 83.7 Å². The maximum Gasteiger partial charge on any atom is 0.410 e. The summed E-state index contributed by atoms with van der Waals surface area (Å²) in [7, 11) is 0. The minimum Gasteiger partial charge on any atom is -0.486 e. The summed E-state index contributed by atoms with van der Waals surface area (Å²) in [6.45, 7) is 20.3. The second-order valence-electron chi connectivity index (χ2n) is 14.0. The third-order valence-corrected chi connectivity index (χ3v) is 7.40. The van der Waals surface area contributed by atoms with Gasteiger partial charge in [-0.25, -0.2) is 9.59 Å². The molecule has 3 N–H and O–H groups in total. The summed E-state index contributed by atoms with van der Waals surface area (Å²) in [6.07, 6.45) is 3.04. The normalized spacial score (nSPS) is 19.9. The van der Waals surface area contributed by atoms with E-state index in [0.29, 0.717) is 39.4 Å². The molecule has 0 atom stereocenters. The third kappa shape index (κ3) is 10.9. The van der Waals surface area contributed by atoms with Crippen LogP contribution in [-0.2, 0) is 16.0 Å². The van der Waals surface area contributed by atoms with Crippen LogP contribution in [0.4, 0.5) is 9.59 Å². The molecule has 0 spiro atoms. The fraction of sp³-hybridized carbons (Fsp3) is 0.742. The Bertz CT molecular complexity index is 1030.